The van der Waals surface area contributed by atoms with Crippen molar-refractivity contribution in [3.05, 3.63) is 34.5 Å². The fourth-order valence-corrected chi connectivity index (χ4v) is 4.08. The summed E-state index contributed by atoms with van der Waals surface area (Å²) in [5, 5.41) is 1.69. The van der Waals surface area contributed by atoms with Gasteiger partial charge in [0.15, 0.2) is 5.78 Å². The predicted octanol–water partition coefficient (Wildman–Crippen LogP) is 4.23. The van der Waals surface area contributed by atoms with E-state index in [0.29, 0.717) is 5.02 Å². The predicted molar refractivity (Wildman–Crippen MR) is 92.4 cm³/mol. The highest BCUT2D eigenvalue weighted by Crippen LogP contribution is 2.34. The quantitative estimate of drug-likeness (QED) is 0.844. The number of rotatable bonds is 1. The number of carbonyl (C=O) groups excluding carboxylic acids is 1. The summed E-state index contributed by atoms with van der Waals surface area (Å²) in [6.45, 7) is 2.13. The van der Waals surface area contributed by atoms with Crippen LogP contribution in [0.4, 0.5) is 0 Å². The normalized spacial score (nSPS) is 22.4. The van der Waals surface area contributed by atoms with Crippen LogP contribution in [0, 0.1) is 0 Å². The number of benzene rings is 1. The molecule has 2 aromatic rings. The molecule has 1 aromatic carbocycles. The van der Waals surface area contributed by atoms with E-state index in [1.165, 1.54) is 19.3 Å². The standard InChI is InChI=1S/C17H19ClN2O.ClH/c18-12-6-4-5-11-15-13(19-16(11)12)7-8-14(17(15)21)20-9-2-1-3-10-20;/h4-6,14,19H,1-3,7-10H2;1H. The largest absolute Gasteiger partial charge is 0.357 e. The van der Waals surface area contributed by atoms with Gasteiger partial charge in [-0.2, -0.15) is 0 Å². The first kappa shape index (κ1) is 15.9. The Labute approximate surface area is 141 Å². The first-order valence-electron chi connectivity index (χ1n) is 7.83. The van der Waals surface area contributed by atoms with Crippen LogP contribution in [0.15, 0.2) is 18.2 Å². The molecule has 1 unspecified atom stereocenters. The molecule has 2 aliphatic rings. The number of nitrogens with zero attached hydrogens (tertiary/aromatic N) is 1. The number of para-hydroxylation sites is 1. The summed E-state index contributed by atoms with van der Waals surface area (Å²) >= 11 is 6.26. The van der Waals surface area contributed by atoms with Gasteiger partial charge in [-0.25, -0.2) is 0 Å². The third-order valence-electron chi connectivity index (χ3n) is 4.91. The number of aromatic amines is 1. The van der Waals surface area contributed by atoms with Crippen LogP contribution >= 0.6 is 24.0 Å². The zero-order valence-corrected chi connectivity index (χ0v) is 14.0. The van der Waals surface area contributed by atoms with Crippen molar-refractivity contribution in [3.63, 3.8) is 0 Å². The van der Waals surface area contributed by atoms with Crippen LogP contribution < -0.4 is 0 Å². The van der Waals surface area contributed by atoms with Gasteiger partial charge in [0.2, 0.25) is 0 Å². The van der Waals surface area contributed by atoms with Gasteiger partial charge in [0, 0.05) is 16.6 Å². The van der Waals surface area contributed by atoms with Crippen molar-refractivity contribution in [2.24, 2.45) is 0 Å². The molecule has 118 valence electrons. The van der Waals surface area contributed by atoms with E-state index in [0.717, 1.165) is 48.1 Å². The Morgan fingerprint density at radius 2 is 1.95 bits per heavy atom. The van der Waals surface area contributed by atoms with E-state index in [-0.39, 0.29) is 24.2 Å². The van der Waals surface area contributed by atoms with Crippen LogP contribution in [-0.4, -0.2) is 34.8 Å². The van der Waals surface area contributed by atoms with Gasteiger partial charge in [0.05, 0.1) is 16.6 Å². The molecule has 1 atom stereocenters. The lowest BCUT2D eigenvalue weighted by Gasteiger charge is -2.35. The van der Waals surface area contributed by atoms with E-state index in [1.807, 2.05) is 18.2 Å². The Balaban J connectivity index is 0.00000144. The van der Waals surface area contributed by atoms with Crippen LogP contribution in [0.5, 0.6) is 0 Å². The summed E-state index contributed by atoms with van der Waals surface area (Å²) in [6, 6.07) is 5.87. The Hall–Kier alpha value is -1.03. The topological polar surface area (TPSA) is 36.1 Å². The minimum absolute atomic E-state index is 0. The number of likely N-dealkylation sites (tertiary alicyclic amines) is 1. The highest BCUT2D eigenvalue weighted by Gasteiger charge is 2.34. The monoisotopic (exact) mass is 338 g/mol. The number of piperidine rings is 1. The number of carbonyl (C=O) groups is 1. The highest BCUT2D eigenvalue weighted by molar-refractivity contribution is 6.35. The molecular weight excluding hydrogens is 319 g/mol. The molecule has 22 heavy (non-hydrogen) atoms. The van der Waals surface area contributed by atoms with Gasteiger partial charge >= 0.3 is 0 Å². The van der Waals surface area contributed by atoms with Gasteiger partial charge < -0.3 is 4.98 Å². The molecule has 2 heterocycles. The first-order valence-corrected chi connectivity index (χ1v) is 8.21. The molecule has 1 N–H and O–H groups in total. The number of halogens is 2. The average molecular weight is 339 g/mol. The summed E-state index contributed by atoms with van der Waals surface area (Å²) in [6.07, 6.45) is 5.60. The number of ketones is 1. The van der Waals surface area contributed by atoms with Crippen LogP contribution in [-0.2, 0) is 6.42 Å². The molecular formula is C17H20Cl2N2O. The number of aromatic nitrogens is 1. The maximum atomic E-state index is 13.0. The maximum absolute atomic E-state index is 13.0. The third kappa shape index (κ3) is 2.45. The number of hydrogen-bond acceptors (Lipinski definition) is 2. The maximum Gasteiger partial charge on any atom is 0.182 e. The molecule has 0 spiro atoms. The molecule has 1 fully saturated rings. The third-order valence-corrected chi connectivity index (χ3v) is 5.22. The Kier molecular flexibility index (Phi) is 4.49. The Morgan fingerprint density at radius 3 is 2.73 bits per heavy atom. The first-order chi connectivity index (χ1) is 10.3. The van der Waals surface area contributed by atoms with Crippen LogP contribution in [0.25, 0.3) is 10.9 Å². The van der Waals surface area contributed by atoms with Crippen molar-refractivity contribution in [1.82, 2.24) is 9.88 Å². The van der Waals surface area contributed by atoms with Crippen LogP contribution in [0.1, 0.15) is 41.7 Å². The number of hydrogen-bond donors (Lipinski definition) is 1. The summed E-state index contributed by atoms with van der Waals surface area (Å²) in [4.78, 5) is 18.8. The SMILES string of the molecule is Cl.O=C1c2c([nH]c3c(Cl)cccc23)CCC1N1CCCCC1. The van der Waals surface area contributed by atoms with Crippen molar-refractivity contribution < 1.29 is 4.79 Å². The summed E-state index contributed by atoms with van der Waals surface area (Å²) in [5.74, 6) is 0.284. The Bertz CT molecular complexity index is 704. The lowest BCUT2D eigenvalue weighted by molar-refractivity contribution is 0.0754. The van der Waals surface area contributed by atoms with E-state index in [4.69, 9.17) is 11.6 Å². The van der Waals surface area contributed by atoms with Crippen molar-refractivity contribution >= 4 is 40.7 Å². The number of aryl methyl sites for hydroxylation is 1. The second-order valence-corrected chi connectivity index (χ2v) is 6.56. The fraction of sp³-hybridized carbons (Fsp3) is 0.471. The second-order valence-electron chi connectivity index (χ2n) is 6.16. The smallest absolute Gasteiger partial charge is 0.182 e. The number of fused-ring (bicyclic) bond motifs is 3. The lowest BCUT2D eigenvalue weighted by atomic mass is 9.88. The van der Waals surface area contributed by atoms with Crippen molar-refractivity contribution in [2.75, 3.05) is 13.1 Å². The van der Waals surface area contributed by atoms with Crippen LogP contribution in [0.2, 0.25) is 5.02 Å². The molecule has 1 aromatic heterocycles. The molecule has 1 saturated heterocycles. The van der Waals surface area contributed by atoms with Crippen molar-refractivity contribution in [1.29, 1.82) is 0 Å². The number of nitrogens with one attached hydrogen (secondary N) is 1. The van der Waals surface area contributed by atoms with Gasteiger partial charge in [-0.3, -0.25) is 9.69 Å². The second kappa shape index (κ2) is 6.23. The van der Waals surface area contributed by atoms with E-state index >= 15 is 0 Å². The van der Waals surface area contributed by atoms with Crippen molar-refractivity contribution in [2.45, 2.75) is 38.1 Å². The molecule has 5 heteroatoms. The summed E-state index contributed by atoms with van der Waals surface area (Å²) < 4.78 is 0. The van der Waals surface area contributed by atoms with Gasteiger partial charge in [0.25, 0.3) is 0 Å². The lowest BCUT2D eigenvalue weighted by Crippen LogP contribution is -2.46. The molecule has 3 nitrogen and oxygen atoms in total. The molecule has 1 aliphatic carbocycles. The van der Waals surface area contributed by atoms with E-state index in [9.17, 15) is 4.79 Å². The zero-order chi connectivity index (χ0) is 14.4. The molecule has 0 bridgehead atoms. The van der Waals surface area contributed by atoms with E-state index in [1.54, 1.807) is 0 Å². The van der Waals surface area contributed by atoms with Crippen molar-refractivity contribution in [3.8, 4) is 0 Å². The van der Waals surface area contributed by atoms with E-state index < -0.39 is 0 Å². The average Bonchev–Trinajstić information content (AvgIpc) is 2.89. The molecule has 0 amide bonds. The van der Waals surface area contributed by atoms with E-state index in [2.05, 4.69) is 9.88 Å². The van der Waals surface area contributed by atoms with Gasteiger partial charge in [0.1, 0.15) is 0 Å². The summed E-state index contributed by atoms with van der Waals surface area (Å²) in [7, 11) is 0. The van der Waals surface area contributed by atoms with Crippen LogP contribution in [0.3, 0.4) is 0 Å². The van der Waals surface area contributed by atoms with Gasteiger partial charge in [-0.1, -0.05) is 30.2 Å². The molecule has 0 saturated carbocycles. The molecule has 0 radical (unpaired) electrons. The fourth-order valence-electron chi connectivity index (χ4n) is 3.86. The summed E-state index contributed by atoms with van der Waals surface area (Å²) in [5.41, 5.74) is 2.86. The number of H-pyrrole nitrogens is 1. The number of Topliss-reactive ketones (excluding diaryl/α,β-unsaturated/α-hetero) is 1. The van der Waals surface area contributed by atoms with Gasteiger partial charge in [-0.15, -0.1) is 12.4 Å². The van der Waals surface area contributed by atoms with Gasteiger partial charge in [-0.05, 0) is 44.8 Å². The highest BCUT2D eigenvalue weighted by atomic mass is 35.5. The minimum atomic E-state index is 0. The minimum Gasteiger partial charge on any atom is -0.357 e. The molecule has 1 aliphatic heterocycles. The molecule has 4 rings (SSSR count). The Morgan fingerprint density at radius 1 is 1.18 bits per heavy atom. The zero-order valence-electron chi connectivity index (χ0n) is 12.4.